The van der Waals surface area contributed by atoms with E-state index in [0.717, 1.165) is 0 Å². The molecule has 2 rings (SSSR count). The lowest BCUT2D eigenvalue weighted by atomic mass is 9.84. The Morgan fingerprint density at radius 3 is 2.83 bits per heavy atom. The van der Waals surface area contributed by atoms with Crippen LogP contribution in [0.15, 0.2) is 11.6 Å². The normalized spacial score (nSPS) is 36.6. The van der Waals surface area contributed by atoms with Crippen molar-refractivity contribution < 1.29 is 0 Å². The van der Waals surface area contributed by atoms with E-state index in [-0.39, 0.29) is 0 Å². The molecule has 0 aliphatic heterocycles. The summed E-state index contributed by atoms with van der Waals surface area (Å²) in [5.41, 5.74) is 1.71. The molecule has 0 N–H and O–H groups in total. The van der Waals surface area contributed by atoms with Crippen molar-refractivity contribution in [1.82, 2.24) is 0 Å². The van der Waals surface area contributed by atoms with Crippen molar-refractivity contribution in [3.05, 3.63) is 11.6 Å². The van der Waals surface area contributed by atoms with Gasteiger partial charge in [0.2, 0.25) is 0 Å². The molecule has 0 saturated heterocycles. The van der Waals surface area contributed by atoms with E-state index in [9.17, 15) is 0 Å². The van der Waals surface area contributed by atoms with Gasteiger partial charge in [0.15, 0.2) is 0 Å². The van der Waals surface area contributed by atoms with Gasteiger partial charge in [-0.15, -0.1) is 0 Å². The summed E-state index contributed by atoms with van der Waals surface area (Å²) in [6, 6.07) is 0. The van der Waals surface area contributed by atoms with Gasteiger partial charge in [-0.1, -0.05) is 40.4 Å². The topological polar surface area (TPSA) is 0 Å². The molecule has 0 spiro atoms. The van der Waals surface area contributed by atoms with Crippen molar-refractivity contribution in [3.8, 4) is 0 Å². The quantitative estimate of drug-likeness (QED) is 0.431. The van der Waals surface area contributed by atoms with Crippen LogP contribution >= 0.6 is 15.9 Å². The molecule has 1 saturated carbocycles. The zero-order valence-corrected chi connectivity index (χ0v) is 9.20. The number of allylic oxidation sites excluding steroid dienone is 2. The Bertz CT molecular complexity index is 195. The molecule has 1 unspecified atom stereocenters. The van der Waals surface area contributed by atoms with Gasteiger partial charge in [-0.25, -0.2) is 0 Å². The van der Waals surface area contributed by atoms with Crippen LogP contribution < -0.4 is 0 Å². The van der Waals surface area contributed by atoms with E-state index in [1.165, 1.54) is 51.4 Å². The van der Waals surface area contributed by atoms with Crippen molar-refractivity contribution in [2.75, 3.05) is 0 Å². The van der Waals surface area contributed by atoms with Crippen LogP contribution in [0.4, 0.5) is 0 Å². The molecule has 2 aliphatic carbocycles. The van der Waals surface area contributed by atoms with Gasteiger partial charge in [-0.3, -0.25) is 0 Å². The minimum atomic E-state index is 0.432. The highest BCUT2D eigenvalue weighted by atomic mass is 79.9. The van der Waals surface area contributed by atoms with Crippen molar-refractivity contribution >= 4 is 15.9 Å². The Morgan fingerprint density at radius 2 is 1.92 bits per heavy atom. The van der Waals surface area contributed by atoms with Gasteiger partial charge in [-0.2, -0.15) is 0 Å². The fraction of sp³-hybridized carbons (Fsp3) is 0.818. The summed E-state index contributed by atoms with van der Waals surface area (Å²) in [5.74, 6) is 0. The zero-order valence-electron chi connectivity index (χ0n) is 7.61. The average Bonchev–Trinajstić information content (AvgIpc) is 2.25. The molecule has 2 aliphatic rings. The average molecular weight is 229 g/mol. The lowest BCUT2D eigenvalue weighted by molar-refractivity contribution is 0.525. The minimum Gasteiger partial charge on any atom is -0.0839 e. The fourth-order valence-corrected chi connectivity index (χ4v) is 3.43. The van der Waals surface area contributed by atoms with Gasteiger partial charge in [0, 0.05) is 4.32 Å². The second-order valence-corrected chi connectivity index (χ2v) is 5.67. The maximum Gasteiger partial charge on any atom is 0.0466 e. The lowest BCUT2D eigenvalue weighted by Crippen LogP contribution is -2.24. The maximum atomic E-state index is 3.95. The number of halogens is 1. The molecule has 0 bridgehead atoms. The predicted molar refractivity (Wildman–Crippen MR) is 56.7 cm³/mol. The molecule has 1 atom stereocenters. The third-order valence-electron chi connectivity index (χ3n) is 3.26. The standard InChI is InChI=1S/C11H17Br/c12-11-8-4-1-2-6-10(11)7-3-5-9-11/h7H,1-6,8-9H2. The van der Waals surface area contributed by atoms with Gasteiger partial charge in [0.25, 0.3) is 0 Å². The van der Waals surface area contributed by atoms with Crippen LogP contribution in [-0.2, 0) is 0 Å². The van der Waals surface area contributed by atoms with Gasteiger partial charge in [0.05, 0.1) is 0 Å². The molecule has 12 heavy (non-hydrogen) atoms. The molecule has 1 heteroatoms. The van der Waals surface area contributed by atoms with Gasteiger partial charge >= 0.3 is 0 Å². The highest BCUT2D eigenvalue weighted by molar-refractivity contribution is 9.10. The zero-order chi connectivity index (χ0) is 8.44. The number of hydrogen-bond donors (Lipinski definition) is 0. The molecular weight excluding hydrogens is 212 g/mol. The first-order valence-corrected chi connectivity index (χ1v) is 5.99. The van der Waals surface area contributed by atoms with Crippen LogP contribution in [0, 0.1) is 0 Å². The first kappa shape index (κ1) is 8.80. The summed E-state index contributed by atoms with van der Waals surface area (Å²) < 4.78 is 0.432. The summed E-state index contributed by atoms with van der Waals surface area (Å²) in [4.78, 5) is 0. The SMILES string of the molecule is BrC12CCCC=C1CCCCC2. The molecule has 68 valence electrons. The Hall–Kier alpha value is 0.220. The summed E-state index contributed by atoms with van der Waals surface area (Å²) >= 11 is 3.95. The van der Waals surface area contributed by atoms with E-state index in [4.69, 9.17) is 0 Å². The second kappa shape index (κ2) is 3.53. The first-order chi connectivity index (χ1) is 5.81. The Kier molecular flexibility index (Phi) is 2.59. The third kappa shape index (κ3) is 1.61. The largest absolute Gasteiger partial charge is 0.0839 e. The maximum absolute atomic E-state index is 3.95. The van der Waals surface area contributed by atoms with E-state index in [1.54, 1.807) is 5.57 Å². The molecule has 0 aromatic rings. The van der Waals surface area contributed by atoms with E-state index >= 15 is 0 Å². The monoisotopic (exact) mass is 228 g/mol. The smallest absolute Gasteiger partial charge is 0.0466 e. The molecular formula is C11H17Br. The highest BCUT2D eigenvalue weighted by Crippen LogP contribution is 2.45. The molecule has 0 aromatic heterocycles. The number of fused-ring (bicyclic) bond motifs is 1. The second-order valence-electron chi connectivity index (χ2n) is 4.15. The summed E-state index contributed by atoms with van der Waals surface area (Å²) in [5, 5.41) is 0. The number of alkyl halides is 1. The highest BCUT2D eigenvalue weighted by Gasteiger charge is 2.33. The van der Waals surface area contributed by atoms with Crippen LogP contribution in [0.3, 0.4) is 0 Å². The van der Waals surface area contributed by atoms with Crippen molar-refractivity contribution in [2.24, 2.45) is 0 Å². The Balaban J connectivity index is 2.20. The summed E-state index contributed by atoms with van der Waals surface area (Å²) in [7, 11) is 0. The predicted octanol–water partition coefficient (Wildman–Crippen LogP) is 4.19. The molecule has 0 heterocycles. The fourth-order valence-electron chi connectivity index (χ4n) is 2.51. The van der Waals surface area contributed by atoms with Crippen LogP contribution in [0.5, 0.6) is 0 Å². The van der Waals surface area contributed by atoms with Gasteiger partial charge in [0.1, 0.15) is 0 Å². The number of rotatable bonds is 0. The minimum absolute atomic E-state index is 0.432. The van der Waals surface area contributed by atoms with Crippen molar-refractivity contribution in [2.45, 2.75) is 55.7 Å². The molecule has 0 amide bonds. The van der Waals surface area contributed by atoms with Gasteiger partial charge in [-0.05, 0) is 38.5 Å². The molecule has 1 fully saturated rings. The first-order valence-electron chi connectivity index (χ1n) is 5.20. The summed E-state index contributed by atoms with van der Waals surface area (Å²) in [6.07, 6.45) is 13.6. The van der Waals surface area contributed by atoms with Gasteiger partial charge < -0.3 is 0 Å². The Morgan fingerprint density at radius 1 is 1.08 bits per heavy atom. The number of hydrogen-bond acceptors (Lipinski definition) is 0. The van der Waals surface area contributed by atoms with E-state index in [2.05, 4.69) is 22.0 Å². The van der Waals surface area contributed by atoms with E-state index in [0.29, 0.717) is 4.32 Å². The Labute approximate surface area is 83.6 Å². The molecule has 0 nitrogen and oxygen atoms in total. The van der Waals surface area contributed by atoms with Crippen molar-refractivity contribution in [3.63, 3.8) is 0 Å². The van der Waals surface area contributed by atoms with E-state index < -0.39 is 0 Å². The lowest BCUT2D eigenvalue weighted by Gasteiger charge is -2.32. The molecule has 0 radical (unpaired) electrons. The van der Waals surface area contributed by atoms with E-state index in [1.807, 2.05) is 0 Å². The molecule has 0 aromatic carbocycles. The third-order valence-corrected chi connectivity index (χ3v) is 4.56. The van der Waals surface area contributed by atoms with Crippen LogP contribution in [0.2, 0.25) is 0 Å². The summed E-state index contributed by atoms with van der Waals surface area (Å²) in [6.45, 7) is 0. The van der Waals surface area contributed by atoms with Crippen LogP contribution in [0.25, 0.3) is 0 Å². The van der Waals surface area contributed by atoms with Crippen molar-refractivity contribution in [1.29, 1.82) is 0 Å². The van der Waals surface area contributed by atoms with Crippen LogP contribution in [-0.4, -0.2) is 4.32 Å². The van der Waals surface area contributed by atoms with Crippen LogP contribution in [0.1, 0.15) is 51.4 Å².